The maximum atomic E-state index is 6.00. The summed E-state index contributed by atoms with van der Waals surface area (Å²) in [6.07, 6.45) is 3.25. The van der Waals surface area contributed by atoms with Crippen LogP contribution in [0.5, 0.6) is 0 Å². The molecule has 0 atom stereocenters. The molecular weight excluding hydrogens is 268 g/mol. The Morgan fingerprint density at radius 2 is 2.28 bits per heavy atom. The molecule has 4 nitrogen and oxygen atoms in total. The largest absolute Gasteiger partial charge is 0.370 e. The molecule has 0 aliphatic heterocycles. The number of thiazole rings is 1. The van der Waals surface area contributed by atoms with Crippen molar-refractivity contribution in [2.45, 2.75) is 25.2 Å². The first-order valence-corrected chi connectivity index (χ1v) is 7.29. The van der Waals surface area contributed by atoms with Gasteiger partial charge in [-0.3, -0.25) is 0 Å². The fourth-order valence-electron chi connectivity index (χ4n) is 1.73. The van der Waals surface area contributed by atoms with Crippen molar-refractivity contribution < 1.29 is 0 Å². The molecule has 1 aliphatic carbocycles. The van der Waals surface area contributed by atoms with Gasteiger partial charge in [0.1, 0.15) is 16.8 Å². The van der Waals surface area contributed by atoms with Crippen LogP contribution in [0.15, 0.2) is 17.0 Å². The summed E-state index contributed by atoms with van der Waals surface area (Å²) in [6.45, 7) is 0.807. The molecule has 0 aromatic carbocycles. The van der Waals surface area contributed by atoms with E-state index in [9.17, 15) is 0 Å². The van der Waals surface area contributed by atoms with Crippen LogP contribution in [0.25, 0.3) is 0 Å². The van der Waals surface area contributed by atoms with Gasteiger partial charge in [0.15, 0.2) is 0 Å². The van der Waals surface area contributed by atoms with E-state index in [1.165, 1.54) is 12.8 Å². The van der Waals surface area contributed by atoms with Gasteiger partial charge in [0.05, 0.1) is 11.2 Å². The lowest BCUT2D eigenvalue weighted by molar-refractivity contribution is 0.910. The van der Waals surface area contributed by atoms with E-state index >= 15 is 0 Å². The van der Waals surface area contributed by atoms with Crippen LogP contribution in [-0.2, 0) is 6.42 Å². The molecule has 1 aliphatic rings. The minimum absolute atomic E-state index is 0.516. The lowest BCUT2D eigenvalue weighted by Crippen LogP contribution is -2.08. The van der Waals surface area contributed by atoms with Crippen molar-refractivity contribution in [1.82, 2.24) is 15.0 Å². The fourth-order valence-corrected chi connectivity index (χ4v) is 2.51. The summed E-state index contributed by atoms with van der Waals surface area (Å²) in [5, 5.41) is 5.85. The van der Waals surface area contributed by atoms with Crippen LogP contribution in [0.3, 0.4) is 0 Å². The van der Waals surface area contributed by atoms with Crippen molar-refractivity contribution in [3.63, 3.8) is 0 Å². The Labute approximate surface area is 114 Å². The van der Waals surface area contributed by atoms with Gasteiger partial charge >= 0.3 is 0 Å². The normalized spacial score (nSPS) is 14.7. The molecule has 3 rings (SSSR count). The predicted octanol–water partition coefficient (Wildman–Crippen LogP) is 3.12. The Kier molecular flexibility index (Phi) is 3.43. The van der Waals surface area contributed by atoms with E-state index < -0.39 is 0 Å². The zero-order valence-corrected chi connectivity index (χ0v) is 11.3. The first-order chi connectivity index (χ1) is 8.81. The number of rotatable bonds is 5. The highest BCUT2D eigenvalue weighted by molar-refractivity contribution is 7.07. The van der Waals surface area contributed by atoms with Gasteiger partial charge in [0.25, 0.3) is 0 Å². The van der Waals surface area contributed by atoms with E-state index in [1.54, 1.807) is 17.4 Å². The molecule has 1 saturated carbocycles. The Morgan fingerprint density at radius 3 is 3.00 bits per heavy atom. The summed E-state index contributed by atoms with van der Waals surface area (Å²) in [5.41, 5.74) is 2.96. The second kappa shape index (κ2) is 5.20. The molecule has 0 amide bonds. The summed E-state index contributed by atoms with van der Waals surface area (Å²) in [4.78, 5) is 13.0. The summed E-state index contributed by atoms with van der Waals surface area (Å²) in [6, 6.07) is 1.77. The number of hydrogen-bond donors (Lipinski definition) is 1. The summed E-state index contributed by atoms with van der Waals surface area (Å²) < 4.78 is 0. The lowest BCUT2D eigenvalue weighted by atomic mass is 10.3. The minimum Gasteiger partial charge on any atom is -0.370 e. The molecular formula is C12H13ClN4S. The second-order valence-corrected chi connectivity index (χ2v) is 5.47. The van der Waals surface area contributed by atoms with Gasteiger partial charge in [0.2, 0.25) is 0 Å². The average Bonchev–Trinajstić information content (AvgIpc) is 3.08. The van der Waals surface area contributed by atoms with Crippen LogP contribution in [0.2, 0.25) is 5.15 Å². The molecule has 2 aromatic rings. The standard InChI is InChI=1S/C12H13ClN4S/c13-10-5-11(17-12(16-10)8-1-2-8)14-4-3-9-6-18-7-15-9/h5-8H,1-4H2,(H,14,16,17). The highest BCUT2D eigenvalue weighted by Crippen LogP contribution is 2.38. The lowest BCUT2D eigenvalue weighted by Gasteiger charge is -2.06. The Balaban J connectivity index is 1.61. The first-order valence-electron chi connectivity index (χ1n) is 5.96. The maximum Gasteiger partial charge on any atom is 0.135 e. The van der Waals surface area contributed by atoms with E-state index in [1.807, 2.05) is 5.51 Å². The van der Waals surface area contributed by atoms with Crippen LogP contribution < -0.4 is 5.32 Å². The molecule has 0 saturated heterocycles. The molecule has 0 spiro atoms. The number of anilines is 1. The van der Waals surface area contributed by atoms with Crippen molar-refractivity contribution in [3.05, 3.63) is 33.6 Å². The Bertz CT molecular complexity index is 525. The van der Waals surface area contributed by atoms with E-state index in [2.05, 4.69) is 25.6 Å². The number of nitrogens with zero attached hydrogens (tertiary/aromatic N) is 3. The summed E-state index contributed by atoms with van der Waals surface area (Å²) in [7, 11) is 0. The Morgan fingerprint density at radius 1 is 1.39 bits per heavy atom. The predicted molar refractivity (Wildman–Crippen MR) is 73.3 cm³/mol. The number of nitrogens with one attached hydrogen (secondary N) is 1. The monoisotopic (exact) mass is 280 g/mol. The van der Waals surface area contributed by atoms with Crippen LogP contribution in [0.4, 0.5) is 5.82 Å². The molecule has 2 heterocycles. The van der Waals surface area contributed by atoms with Gasteiger partial charge in [-0.1, -0.05) is 11.6 Å². The highest BCUT2D eigenvalue weighted by atomic mass is 35.5. The first kappa shape index (κ1) is 11.9. The van der Waals surface area contributed by atoms with Crippen molar-refractivity contribution in [3.8, 4) is 0 Å². The van der Waals surface area contributed by atoms with Crippen LogP contribution in [0.1, 0.15) is 30.3 Å². The minimum atomic E-state index is 0.516. The van der Waals surface area contributed by atoms with Crippen molar-refractivity contribution >= 4 is 28.8 Å². The van der Waals surface area contributed by atoms with Gasteiger partial charge in [-0.2, -0.15) is 0 Å². The van der Waals surface area contributed by atoms with Crippen molar-refractivity contribution in [2.75, 3.05) is 11.9 Å². The molecule has 1 N–H and O–H groups in total. The third-order valence-corrected chi connectivity index (χ3v) is 3.65. The zero-order chi connectivity index (χ0) is 12.4. The molecule has 2 aromatic heterocycles. The molecule has 1 fully saturated rings. The smallest absolute Gasteiger partial charge is 0.135 e. The second-order valence-electron chi connectivity index (χ2n) is 4.36. The SMILES string of the molecule is Clc1cc(NCCc2cscn2)nc(C2CC2)n1. The van der Waals surface area contributed by atoms with Crippen molar-refractivity contribution in [2.24, 2.45) is 0 Å². The third kappa shape index (κ3) is 2.97. The highest BCUT2D eigenvalue weighted by Gasteiger charge is 2.27. The third-order valence-electron chi connectivity index (χ3n) is 2.83. The van der Waals surface area contributed by atoms with E-state index in [4.69, 9.17) is 11.6 Å². The quantitative estimate of drug-likeness (QED) is 0.855. The number of hydrogen-bond acceptors (Lipinski definition) is 5. The van der Waals surface area contributed by atoms with Gasteiger partial charge < -0.3 is 5.32 Å². The van der Waals surface area contributed by atoms with Crippen LogP contribution >= 0.6 is 22.9 Å². The van der Waals surface area contributed by atoms with Crippen LogP contribution in [-0.4, -0.2) is 21.5 Å². The molecule has 0 unspecified atom stereocenters. The number of aromatic nitrogens is 3. The maximum absolute atomic E-state index is 6.00. The number of halogens is 1. The van der Waals surface area contributed by atoms with Gasteiger partial charge in [-0.15, -0.1) is 11.3 Å². The van der Waals surface area contributed by atoms with Crippen LogP contribution in [0, 0.1) is 0 Å². The molecule has 0 bridgehead atoms. The van der Waals surface area contributed by atoms with Gasteiger partial charge in [0, 0.05) is 30.3 Å². The average molecular weight is 281 g/mol. The van der Waals surface area contributed by atoms with E-state index in [0.29, 0.717) is 11.1 Å². The summed E-state index contributed by atoms with van der Waals surface area (Å²) >= 11 is 7.62. The zero-order valence-electron chi connectivity index (χ0n) is 9.77. The topological polar surface area (TPSA) is 50.7 Å². The fraction of sp³-hybridized carbons (Fsp3) is 0.417. The van der Waals surface area contributed by atoms with E-state index in [-0.39, 0.29) is 0 Å². The Hall–Kier alpha value is -1.20. The molecule has 0 radical (unpaired) electrons. The molecule has 6 heteroatoms. The van der Waals surface area contributed by atoms with E-state index in [0.717, 1.165) is 30.3 Å². The van der Waals surface area contributed by atoms with Gasteiger partial charge in [-0.05, 0) is 12.8 Å². The van der Waals surface area contributed by atoms with Gasteiger partial charge in [-0.25, -0.2) is 15.0 Å². The molecule has 18 heavy (non-hydrogen) atoms. The summed E-state index contributed by atoms with van der Waals surface area (Å²) in [5.74, 6) is 2.20. The molecule has 94 valence electrons. The van der Waals surface area contributed by atoms with Crippen molar-refractivity contribution in [1.29, 1.82) is 0 Å².